The van der Waals surface area contributed by atoms with Gasteiger partial charge in [-0.15, -0.1) is 0 Å². The van der Waals surface area contributed by atoms with Crippen LogP contribution in [0.25, 0.3) is 0 Å². The molecule has 182 valence electrons. The van der Waals surface area contributed by atoms with Gasteiger partial charge in [0.25, 0.3) is 0 Å². The lowest BCUT2D eigenvalue weighted by Gasteiger charge is -2.42. The molecule has 0 bridgehead atoms. The Bertz CT molecular complexity index is 699. The van der Waals surface area contributed by atoms with E-state index in [1.165, 1.54) is 11.9 Å². The number of nitrogens with zero attached hydrogens (tertiary/aromatic N) is 2. The first kappa shape index (κ1) is 25.9. The normalized spacial score (nSPS) is 25.0. The fraction of sp³-hybridized carbons (Fsp3) is 0.818. The molecule has 0 aromatic heterocycles. The van der Waals surface area contributed by atoms with Crippen LogP contribution in [0.5, 0.6) is 0 Å². The number of alkyl carbamates (subject to hydrolysis) is 1. The SMILES string of the molecule is CNC(=O)N(C1CCC(=O)NC1=O)C(C)N(C)CC1CCC(NC(=O)OC(C)(C)C)CC1. The maximum Gasteiger partial charge on any atom is 0.407 e. The summed E-state index contributed by atoms with van der Waals surface area (Å²) < 4.78 is 5.34. The van der Waals surface area contributed by atoms with Crippen molar-refractivity contribution in [2.75, 3.05) is 20.6 Å². The van der Waals surface area contributed by atoms with Crippen molar-refractivity contribution in [1.82, 2.24) is 25.8 Å². The van der Waals surface area contributed by atoms with Crippen LogP contribution >= 0.6 is 0 Å². The summed E-state index contributed by atoms with van der Waals surface area (Å²) >= 11 is 0. The number of carbonyl (C=O) groups is 4. The number of rotatable bonds is 6. The minimum absolute atomic E-state index is 0.106. The largest absolute Gasteiger partial charge is 0.444 e. The van der Waals surface area contributed by atoms with Crippen molar-refractivity contribution in [3.05, 3.63) is 0 Å². The Morgan fingerprint density at radius 1 is 1.16 bits per heavy atom. The molecule has 0 aromatic rings. The van der Waals surface area contributed by atoms with Gasteiger partial charge in [-0.1, -0.05) is 0 Å². The van der Waals surface area contributed by atoms with Crippen LogP contribution in [-0.4, -0.2) is 78.2 Å². The first-order chi connectivity index (χ1) is 14.9. The molecule has 2 unspecified atom stereocenters. The summed E-state index contributed by atoms with van der Waals surface area (Å²) in [6, 6.07) is -0.919. The molecule has 1 heterocycles. The van der Waals surface area contributed by atoms with Crippen LogP contribution in [0.3, 0.4) is 0 Å². The van der Waals surface area contributed by atoms with E-state index in [4.69, 9.17) is 4.74 Å². The van der Waals surface area contributed by atoms with Crippen molar-refractivity contribution in [2.45, 2.75) is 90.1 Å². The molecule has 1 aliphatic carbocycles. The van der Waals surface area contributed by atoms with Crippen LogP contribution in [-0.2, 0) is 14.3 Å². The van der Waals surface area contributed by atoms with E-state index in [1.54, 1.807) is 0 Å². The predicted molar refractivity (Wildman–Crippen MR) is 120 cm³/mol. The van der Waals surface area contributed by atoms with Gasteiger partial charge < -0.3 is 15.4 Å². The standard InChI is InChI=1S/C22H39N5O5/c1-14(27(20(30)23-5)17-11-12-18(28)25-19(17)29)26(6)13-15-7-9-16(10-8-15)24-21(31)32-22(2,3)4/h14-17H,7-13H2,1-6H3,(H,23,30)(H,24,31)(H,25,28,29). The molecular formula is C22H39N5O5. The molecule has 32 heavy (non-hydrogen) atoms. The van der Waals surface area contributed by atoms with E-state index in [0.29, 0.717) is 12.3 Å². The van der Waals surface area contributed by atoms with Crippen molar-refractivity contribution in [3.8, 4) is 0 Å². The minimum atomic E-state index is -0.682. The molecule has 2 aliphatic rings. The summed E-state index contributed by atoms with van der Waals surface area (Å²) in [5.74, 6) is -0.313. The fourth-order valence-corrected chi connectivity index (χ4v) is 4.38. The van der Waals surface area contributed by atoms with Gasteiger partial charge in [0.15, 0.2) is 0 Å². The number of imide groups is 1. The van der Waals surface area contributed by atoms with Crippen molar-refractivity contribution < 1.29 is 23.9 Å². The Morgan fingerprint density at radius 2 is 1.78 bits per heavy atom. The van der Waals surface area contributed by atoms with Crippen LogP contribution in [0, 0.1) is 5.92 Å². The van der Waals surface area contributed by atoms with E-state index in [9.17, 15) is 19.2 Å². The van der Waals surface area contributed by atoms with E-state index >= 15 is 0 Å². The quantitative estimate of drug-likeness (QED) is 0.417. The molecule has 1 saturated carbocycles. The molecule has 10 nitrogen and oxygen atoms in total. The van der Waals surface area contributed by atoms with Gasteiger partial charge in [0, 0.05) is 26.1 Å². The van der Waals surface area contributed by atoms with E-state index in [2.05, 4.69) is 20.9 Å². The van der Waals surface area contributed by atoms with Gasteiger partial charge in [-0.25, -0.2) is 9.59 Å². The molecule has 0 spiro atoms. The Labute approximate surface area is 190 Å². The second kappa shape index (κ2) is 11.0. The number of hydrogen-bond donors (Lipinski definition) is 3. The minimum Gasteiger partial charge on any atom is -0.444 e. The molecule has 0 aromatic carbocycles. The van der Waals surface area contributed by atoms with Crippen LogP contribution in [0.1, 0.15) is 66.2 Å². The molecule has 2 atom stereocenters. The average molecular weight is 454 g/mol. The zero-order valence-electron chi connectivity index (χ0n) is 20.2. The third-order valence-electron chi connectivity index (χ3n) is 6.15. The molecular weight excluding hydrogens is 414 g/mol. The monoisotopic (exact) mass is 453 g/mol. The Balaban J connectivity index is 1.90. The average Bonchev–Trinajstić information content (AvgIpc) is 2.69. The molecule has 3 N–H and O–H groups in total. The summed E-state index contributed by atoms with van der Waals surface area (Å²) in [6.45, 7) is 8.20. The van der Waals surface area contributed by atoms with E-state index in [0.717, 1.165) is 32.2 Å². The first-order valence-corrected chi connectivity index (χ1v) is 11.4. The highest BCUT2D eigenvalue weighted by Crippen LogP contribution is 2.27. The van der Waals surface area contributed by atoms with Gasteiger partial charge in [-0.3, -0.25) is 24.7 Å². The smallest absolute Gasteiger partial charge is 0.407 e. The molecule has 1 aliphatic heterocycles. The third-order valence-corrected chi connectivity index (χ3v) is 6.15. The first-order valence-electron chi connectivity index (χ1n) is 11.4. The molecule has 2 fully saturated rings. The lowest BCUT2D eigenvalue weighted by molar-refractivity contribution is -0.138. The number of urea groups is 1. The van der Waals surface area contributed by atoms with Crippen LogP contribution in [0.15, 0.2) is 0 Å². The van der Waals surface area contributed by atoms with Crippen molar-refractivity contribution in [3.63, 3.8) is 0 Å². The highest BCUT2D eigenvalue weighted by atomic mass is 16.6. The predicted octanol–water partition coefficient (Wildman–Crippen LogP) is 1.79. The molecule has 1 saturated heterocycles. The summed E-state index contributed by atoms with van der Waals surface area (Å²) in [6.07, 6.45) is 3.49. The fourth-order valence-electron chi connectivity index (χ4n) is 4.38. The van der Waals surface area contributed by atoms with Crippen LogP contribution in [0.2, 0.25) is 0 Å². The highest BCUT2D eigenvalue weighted by Gasteiger charge is 2.38. The van der Waals surface area contributed by atoms with E-state index in [-0.39, 0.29) is 36.7 Å². The number of ether oxygens (including phenoxy) is 1. The van der Waals surface area contributed by atoms with Gasteiger partial charge in [0.1, 0.15) is 11.6 Å². The Hall–Kier alpha value is -2.36. The maximum atomic E-state index is 12.6. The summed E-state index contributed by atoms with van der Waals surface area (Å²) in [7, 11) is 3.48. The van der Waals surface area contributed by atoms with Gasteiger partial charge in [-0.2, -0.15) is 0 Å². The Morgan fingerprint density at radius 3 is 2.31 bits per heavy atom. The summed E-state index contributed by atoms with van der Waals surface area (Å²) in [4.78, 5) is 52.1. The summed E-state index contributed by atoms with van der Waals surface area (Å²) in [5.41, 5.74) is -0.515. The van der Waals surface area contributed by atoms with Crippen molar-refractivity contribution in [2.24, 2.45) is 5.92 Å². The Kier molecular flexibility index (Phi) is 8.89. The molecule has 10 heteroatoms. The zero-order chi connectivity index (χ0) is 24.1. The molecule has 0 radical (unpaired) electrons. The second-order valence-electron chi connectivity index (χ2n) is 9.86. The number of carbonyl (C=O) groups excluding carboxylic acids is 4. The van der Waals surface area contributed by atoms with E-state index < -0.39 is 17.6 Å². The van der Waals surface area contributed by atoms with Gasteiger partial charge >= 0.3 is 12.1 Å². The topological polar surface area (TPSA) is 120 Å². The number of nitrogens with one attached hydrogen (secondary N) is 3. The molecule has 5 amide bonds. The molecule has 2 rings (SSSR count). The highest BCUT2D eigenvalue weighted by molar-refractivity contribution is 6.01. The van der Waals surface area contributed by atoms with Crippen molar-refractivity contribution in [1.29, 1.82) is 0 Å². The maximum absolute atomic E-state index is 12.6. The summed E-state index contributed by atoms with van der Waals surface area (Å²) in [5, 5.41) is 7.91. The van der Waals surface area contributed by atoms with Gasteiger partial charge in [0.2, 0.25) is 11.8 Å². The third kappa shape index (κ3) is 7.36. The van der Waals surface area contributed by atoms with Crippen molar-refractivity contribution >= 4 is 23.9 Å². The van der Waals surface area contributed by atoms with Gasteiger partial charge in [-0.05, 0) is 72.8 Å². The van der Waals surface area contributed by atoms with Gasteiger partial charge in [0.05, 0.1) is 6.17 Å². The van der Waals surface area contributed by atoms with Crippen LogP contribution < -0.4 is 16.0 Å². The van der Waals surface area contributed by atoms with Crippen LogP contribution in [0.4, 0.5) is 9.59 Å². The second-order valence-corrected chi connectivity index (χ2v) is 9.86. The van der Waals surface area contributed by atoms with E-state index in [1.807, 2.05) is 34.7 Å². The number of hydrogen-bond acceptors (Lipinski definition) is 6. The number of piperidine rings is 1. The lowest BCUT2D eigenvalue weighted by atomic mass is 9.85. The number of amides is 5. The zero-order valence-corrected chi connectivity index (χ0v) is 20.2. The lowest BCUT2D eigenvalue weighted by Crippen LogP contribution is -2.62.